The smallest absolute Gasteiger partial charge is 0.244 e. The molecule has 0 saturated heterocycles. The molecule has 1 aliphatic carbocycles. The summed E-state index contributed by atoms with van der Waals surface area (Å²) in [4.78, 5) is 4.69. The predicted octanol–water partition coefficient (Wildman–Crippen LogP) is 10.4. The van der Waals surface area contributed by atoms with E-state index in [1.807, 2.05) is 42.6 Å². The summed E-state index contributed by atoms with van der Waals surface area (Å²) in [5.41, 5.74) is 12.5. The van der Waals surface area contributed by atoms with E-state index < -0.39 is 0 Å². The first-order chi connectivity index (χ1) is 24.7. The first-order valence-electron chi connectivity index (χ1n) is 16.8. The van der Waals surface area contributed by atoms with Crippen molar-refractivity contribution >= 4 is 21.8 Å². The Kier molecular flexibility index (Phi) is 6.33. The standard InChI is InChI=1S/C45H30N4O/c1-47-29-48(45-40-21-7-5-18-36(40)34-16-3-2-15-33(34)35-17-4-6-20-39(35)44(45)47)30-13-12-14-31(27-30)50-32-24-25-38-37-19-8-9-22-41(37)49(42(38)28-32)43-23-10-11-26-46-43/h2-28H,1H3. The quantitative estimate of drug-likeness (QED) is 0.141. The predicted molar refractivity (Wildman–Crippen MR) is 200 cm³/mol. The summed E-state index contributed by atoms with van der Waals surface area (Å²) in [6.45, 7) is 0. The highest BCUT2D eigenvalue weighted by molar-refractivity contribution is 6.09. The van der Waals surface area contributed by atoms with E-state index in [1.54, 1.807) is 0 Å². The van der Waals surface area contributed by atoms with Crippen molar-refractivity contribution in [2.75, 3.05) is 0 Å². The fourth-order valence-electron chi connectivity index (χ4n) is 7.63. The molecule has 0 fully saturated rings. The summed E-state index contributed by atoms with van der Waals surface area (Å²) in [5, 5.41) is 2.33. The number of rotatable bonds is 4. The van der Waals surface area contributed by atoms with Crippen LogP contribution >= 0.6 is 0 Å². The molecule has 0 amide bonds. The van der Waals surface area contributed by atoms with E-state index in [1.165, 1.54) is 33.2 Å². The van der Waals surface area contributed by atoms with E-state index in [2.05, 4.69) is 153 Å². The minimum absolute atomic E-state index is 0.741. The highest BCUT2D eigenvalue weighted by Crippen LogP contribution is 2.47. The van der Waals surface area contributed by atoms with Gasteiger partial charge in [-0.2, -0.15) is 0 Å². The summed E-state index contributed by atoms with van der Waals surface area (Å²) in [7, 11) is 2.08. The number of aromatic nitrogens is 4. The van der Waals surface area contributed by atoms with Crippen LogP contribution in [0.15, 0.2) is 164 Å². The molecule has 0 N–H and O–H groups in total. The van der Waals surface area contributed by atoms with Crippen molar-refractivity contribution in [2.45, 2.75) is 0 Å². The first-order valence-corrected chi connectivity index (χ1v) is 16.8. The normalized spacial score (nSPS) is 11.7. The highest BCUT2D eigenvalue weighted by Gasteiger charge is 2.26. The number of ether oxygens (including phenoxy) is 1. The van der Waals surface area contributed by atoms with Crippen molar-refractivity contribution in [3.05, 3.63) is 170 Å². The minimum atomic E-state index is 0.741. The van der Waals surface area contributed by atoms with Crippen molar-refractivity contribution < 1.29 is 9.30 Å². The number of benzene rings is 6. The van der Waals surface area contributed by atoms with Crippen LogP contribution in [0.25, 0.3) is 78.1 Å². The Morgan fingerprint density at radius 3 is 1.92 bits per heavy atom. The summed E-state index contributed by atoms with van der Waals surface area (Å²) < 4.78 is 13.1. The zero-order valence-corrected chi connectivity index (χ0v) is 27.3. The fourth-order valence-corrected chi connectivity index (χ4v) is 7.63. The topological polar surface area (TPSA) is 35.9 Å². The zero-order valence-electron chi connectivity index (χ0n) is 27.3. The summed E-state index contributed by atoms with van der Waals surface area (Å²) >= 11 is 0. The van der Waals surface area contributed by atoms with Gasteiger partial charge in [-0.3, -0.25) is 4.57 Å². The second-order valence-corrected chi connectivity index (χ2v) is 12.6. The van der Waals surface area contributed by atoms with Crippen LogP contribution < -0.4 is 9.30 Å². The maximum Gasteiger partial charge on any atom is 0.244 e. The molecular weight excluding hydrogens is 613 g/mol. The molecular formula is C45H30N4O. The molecule has 5 nitrogen and oxygen atoms in total. The van der Waals surface area contributed by atoms with E-state index in [0.717, 1.165) is 56.4 Å². The van der Waals surface area contributed by atoms with Gasteiger partial charge in [-0.15, -0.1) is 0 Å². The van der Waals surface area contributed by atoms with Crippen LogP contribution in [0.3, 0.4) is 0 Å². The largest absolute Gasteiger partial charge is 0.458 e. The number of imidazole rings is 1. The maximum atomic E-state index is 6.64. The number of pyridine rings is 1. The van der Waals surface area contributed by atoms with Crippen molar-refractivity contribution in [2.24, 2.45) is 7.05 Å². The molecule has 0 unspecified atom stereocenters. The number of aryl methyl sites for hydroxylation is 1. The average molecular weight is 643 g/mol. The van der Waals surface area contributed by atoms with E-state index in [9.17, 15) is 0 Å². The molecule has 0 spiro atoms. The Labute approximate surface area is 289 Å². The van der Waals surface area contributed by atoms with Gasteiger partial charge in [-0.25, -0.2) is 4.98 Å². The summed E-state index contributed by atoms with van der Waals surface area (Å²) in [5.74, 6) is 2.36. The first kappa shape index (κ1) is 28.3. The van der Waals surface area contributed by atoms with Crippen molar-refractivity contribution in [3.63, 3.8) is 0 Å². The third-order valence-electron chi connectivity index (χ3n) is 9.74. The number of fused-ring (bicyclic) bond motifs is 11. The molecule has 0 atom stereocenters. The monoisotopic (exact) mass is 642 g/mol. The lowest BCUT2D eigenvalue weighted by Gasteiger charge is -2.23. The number of para-hydroxylation sites is 1. The summed E-state index contributed by atoms with van der Waals surface area (Å²) in [6.07, 6.45) is 5.49. The molecule has 0 radical (unpaired) electrons. The van der Waals surface area contributed by atoms with Crippen molar-refractivity contribution in [1.82, 2.24) is 14.1 Å². The van der Waals surface area contributed by atoms with Crippen LogP contribution in [0.4, 0.5) is 0 Å². The molecule has 50 heavy (non-hydrogen) atoms. The van der Waals surface area contributed by atoms with Gasteiger partial charge < -0.3 is 13.9 Å². The molecule has 9 aromatic rings. The van der Waals surface area contributed by atoms with Crippen molar-refractivity contribution in [3.8, 4) is 67.8 Å². The van der Waals surface area contributed by atoms with Gasteiger partial charge in [0.15, 0.2) is 0 Å². The Morgan fingerprint density at radius 2 is 1.16 bits per heavy atom. The molecule has 6 aromatic carbocycles. The lowest BCUT2D eigenvalue weighted by molar-refractivity contribution is -0.664. The van der Waals surface area contributed by atoms with E-state index >= 15 is 0 Å². The SMILES string of the molecule is C[n+]1[c-]n(-c2cccc(Oc3ccc4c5ccccc5n(-c5ccccn5)c4c3)c2)c2c1-c1ccccc1-c1ccccc1-c1ccccc1-2. The zero-order chi connectivity index (χ0) is 33.2. The van der Waals surface area contributed by atoms with Crippen LogP contribution in [0.1, 0.15) is 0 Å². The van der Waals surface area contributed by atoms with Gasteiger partial charge in [-0.1, -0.05) is 109 Å². The Bertz CT molecular complexity index is 2760. The Morgan fingerprint density at radius 1 is 0.540 bits per heavy atom. The van der Waals surface area contributed by atoms with Crippen LogP contribution in [-0.2, 0) is 7.05 Å². The maximum absolute atomic E-state index is 6.64. The van der Waals surface area contributed by atoms with E-state index in [-0.39, 0.29) is 0 Å². The molecule has 10 rings (SSSR count). The third kappa shape index (κ3) is 4.34. The fraction of sp³-hybridized carbons (Fsp3) is 0.0222. The number of nitrogens with zero attached hydrogens (tertiary/aromatic N) is 4. The molecule has 3 heterocycles. The van der Waals surface area contributed by atoms with Gasteiger partial charge in [0.05, 0.1) is 35.2 Å². The van der Waals surface area contributed by atoms with E-state index in [0.29, 0.717) is 0 Å². The highest BCUT2D eigenvalue weighted by atomic mass is 16.5. The minimum Gasteiger partial charge on any atom is -0.458 e. The third-order valence-corrected chi connectivity index (χ3v) is 9.74. The van der Waals surface area contributed by atoms with Crippen LogP contribution in [0, 0.1) is 6.33 Å². The van der Waals surface area contributed by atoms with Crippen LogP contribution in [0.2, 0.25) is 0 Å². The Balaban J connectivity index is 1.12. The second-order valence-electron chi connectivity index (χ2n) is 12.6. The number of hydrogen-bond donors (Lipinski definition) is 0. The van der Waals surface area contributed by atoms with Gasteiger partial charge in [0.2, 0.25) is 6.33 Å². The van der Waals surface area contributed by atoms with Crippen LogP contribution in [0.5, 0.6) is 11.5 Å². The lowest BCUT2D eigenvalue weighted by atomic mass is 9.84. The van der Waals surface area contributed by atoms with Gasteiger partial charge in [0.25, 0.3) is 0 Å². The molecule has 0 bridgehead atoms. The van der Waals surface area contributed by atoms with Gasteiger partial charge >= 0.3 is 0 Å². The van der Waals surface area contributed by atoms with Crippen LogP contribution in [-0.4, -0.2) is 14.1 Å². The molecule has 0 saturated carbocycles. The molecule has 236 valence electrons. The molecule has 0 aliphatic heterocycles. The van der Waals surface area contributed by atoms with E-state index in [4.69, 9.17) is 4.74 Å². The van der Waals surface area contributed by atoms with Gasteiger partial charge in [0.1, 0.15) is 17.3 Å². The average Bonchev–Trinajstić information content (AvgIpc) is 3.69. The van der Waals surface area contributed by atoms with Gasteiger partial charge in [-0.05, 0) is 75.8 Å². The molecule has 3 aromatic heterocycles. The second kappa shape index (κ2) is 11.2. The number of hydrogen-bond acceptors (Lipinski definition) is 2. The van der Waals surface area contributed by atoms with Gasteiger partial charge in [0, 0.05) is 23.0 Å². The molecule has 5 heteroatoms. The molecule has 1 aliphatic rings. The summed E-state index contributed by atoms with van der Waals surface area (Å²) in [6, 6.07) is 55.1. The van der Waals surface area contributed by atoms with Crippen molar-refractivity contribution in [1.29, 1.82) is 0 Å². The lowest BCUT2D eigenvalue weighted by Crippen LogP contribution is -2.28. The Hall–Kier alpha value is -6.72.